The highest BCUT2D eigenvalue weighted by Gasteiger charge is 2.20. The summed E-state index contributed by atoms with van der Waals surface area (Å²) in [6, 6.07) is 14.9. The lowest BCUT2D eigenvalue weighted by Crippen LogP contribution is -2.23. The summed E-state index contributed by atoms with van der Waals surface area (Å²) in [5.41, 5.74) is 7.96. The molecular formula is C21H21N7O2. The number of carbonyl (C=O) groups excluding carboxylic acids is 2. The summed E-state index contributed by atoms with van der Waals surface area (Å²) in [7, 11) is 0. The van der Waals surface area contributed by atoms with Crippen molar-refractivity contribution in [2.24, 2.45) is 5.73 Å². The summed E-state index contributed by atoms with van der Waals surface area (Å²) < 4.78 is 0. The molecule has 9 nitrogen and oxygen atoms in total. The Morgan fingerprint density at radius 2 is 1.93 bits per heavy atom. The van der Waals surface area contributed by atoms with Gasteiger partial charge < -0.3 is 21.4 Å². The maximum absolute atomic E-state index is 12.9. The van der Waals surface area contributed by atoms with Gasteiger partial charge in [0.1, 0.15) is 0 Å². The molecule has 0 aliphatic carbocycles. The normalized spacial score (nSPS) is 11.9. The average Bonchev–Trinajstić information content (AvgIpc) is 3.43. The van der Waals surface area contributed by atoms with E-state index in [4.69, 9.17) is 5.73 Å². The number of hydrogen-bond acceptors (Lipinski definition) is 5. The van der Waals surface area contributed by atoms with Gasteiger partial charge in [-0.25, -0.2) is 4.98 Å². The van der Waals surface area contributed by atoms with Crippen LogP contribution in [0.3, 0.4) is 0 Å². The molecule has 0 radical (unpaired) electrons. The van der Waals surface area contributed by atoms with Gasteiger partial charge in [0.2, 0.25) is 5.91 Å². The van der Waals surface area contributed by atoms with Gasteiger partial charge in [-0.1, -0.05) is 30.3 Å². The molecule has 2 heterocycles. The average molecular weight is 403 g/mol. The second kappa shape index (κ2) is 8.58. The standard InChI is InChI=1S/C21H21N7O2/c22-9-8-15(13-4-2-1-3-5-13)20(29)25-14-6-7-17-16(12-14)18(28-27-17)26-21(30)19-23-10-11-24-19/h1-7,10-12,15H,8-9,22H2,(H,23,24)(H,25,29)(H2,26,27,28,30). The molecule has 1 unspecified atom stereocenters. The number of amides is 2. The maximum atomic E-state index is 12.9. The topological polar surface area (TPSA) is 142 Å². The Hall–Kier alpha value is -3.98. The molecule has 30 heavy (non-hydrogen) atoms. The fraction of sp³-hybridized carbons (Fsp3) is 0.143. The molecule has 152 valence electrons. The molecule has 0 aliphatic heterocycles. The SMILES string of the molecule is NCCC(C(=O)Nc1ccc2[nH]nc(NC(=O)c3ncc[nH]3)c2c1)c1ccccc1. The van der Waals surface area contributed by atoms with Crippen LogP contribution in [-0.2, 0) is 4.79 Å². The Labute approximate surface area is 172 Å². The molecule has 0 aliphatic rings. The van der Waals surface area contributed by atoms with E-state index in [1.165, 1.54) is 6.20 Å². The zero-order chi connectivity index (χ0) is 20.9. The van der Waals surface area contributed by atoms with Crippen LogP contribution < -0.4 is 16.4 Å². The molecule has 0 fully saturated rings. The molecule has 2 amide bonds. The number of aromatic amines is 2. The fourth-order valence-electron chi connectivity index (χ4n) is 3.27. The van der Waals surface area contributed by atoms with E-state index in [9.17, 15) is 9.59 Å². The van der Waals surface area contributed by atoms with Crippen molar-refractivity contribution >= 4 is 34.2 Å². The summed E-state index contributed by atoms with van der Waals surface area (Å²) in [5.74, 6) is -0.368. The van der Waals surface area contributed by atoms with Crippen molar-refractivity contribution in [3.05, 3.63) is 72.3 Å². The van der Waals surface area contributed by atoms with E-state index >= 15 is 0 Å². The number of aromatic nitrogens is 4. The first-order valence-corrected chi connectivity index (χ1v) is 9.50. The Morgan fingerprint density at radius 3 is 2.67 bits per heavy atom. The lowest BCUT2D eigenvalue weighted by Gasteiger charge is -2.16. The third kappa shape index (κ3) is 4.06. The zero-order valence-electron chi connectivity index (χ0n) is 16.1. The second-order valence-electron chi connectivity index (χ2n) is 6.75. The second-order valence-corrected chi connectivity index (χ2v) is 6.75. The minimum absolute atomic E-state index is 0.143. The summed E-state index contributed by atoms with van der Waals surface area (Å²) in [4.78, 5) is 31.9. The Kier molecular flexibility index (Phi) is 5.53. The van der Waals surface area contributed by atoms with E-state index < -0.39 is 5.91 Å². The number of nitrogens with zero attached hydrogens (tertiary/aromatic N) is 2. The summed E-state index contributed by atoms with van der Waals surface area (Å²) in [6.45, 7) is 0.400. The van der Waals surface area contributed by atoms with Crippen molar-refractivity contribution in [2.45, 2.75) is 12.3 Å². The molecule has 9 heteroatoms. The largest absolute Gasteiger partial charge is 0.341 e. The van der Waals surface area contributed by atoms with Gasteiger partial charge >= 0.3 is 0 Å². The summed E-state index contributed by atoms with van der Waals surface area (Å²) in [6.07, 6.45) is 3.60. The Balaban J connectivity index is 1.55. The molecule has 0 saturated carbocycles. The Bertz CT molecular complexity index is 1150. The van der Waals surface area contributed by atoms with Crippen LogP contribution in [0.2, 0.25) is 0 Å². The van der Waals surface area contributed by atoms with Crippen molar-refractivity contribution in [2.75, 3.05) is 17.2 Å². The van der Waals surface area contributed by atoms with Gasteiger partial charge in [0.05, 0.1) is 11.4 Å². The molecule has 6 N–H and O–H groups in total. The number of rotatable bonds is 7. The van der Waals surface area contributed by atoms with E-state index in [-0.39, 0.29) is 17.6 Å². The number of nitrogens with one attached hydrogen (secondary N) is 4. The molecule has 0 spiro atoms. The Morgan fingerprint density at radius 1 is 1.10 bits per heavy atom. The van der Waals surface area contributed by atoms with Gasteiger partial charge in [0.25, 0.3) is 5.91 Å². The van der Waals surface area contributed by atoms with Crippen LogP contribution in [0, 0.1) is 0 Å². The molecule has 0 saturated heterocycles. The number of benzene rings is 2. The first kappa shape index (κ1) is 19.3. The van der Waals surface area contributed by atoms with Gasteiger partial charge in [-0.2, -0.15) is 5.10 Å². The number of nitrogens with two attached hydrogens (primary N) is 1. The monoisotopic (exact) mass is 403 g/mol. The highest BCUT2D eigenvalue weighted by Crippen LogP contribution is 2.26. The van der Waals surface area contributed by atoms with E-state index in [0.29, 0.717) is 29.9 Å². The van der Waals surface area contributed by atoms with Crippen molar-refractivity contribution in [3.8, 4) is 0 Å². The van der Waals surface area contributed by atoms with Gasteiger partial charge in [-0.3, -0.25) is 14.7 Å². The number of fused-ring (bicyclic) bond motifs is 1. The molecule has 4 rings (SSSR count). The number of anilines is 2. The van der Waals surface area contributed by atoms with E-state index in [1.807, 2.05) is 30.3 Å². The number of carbonyl (C=O) groups is 2. The van der Waals surface area contributed by atoms with Crippen LogP contribution in [0.15, 0.2) is 60.9 Å². The van der Waals surface area contributed by atoms with Gasteiger partial charge in [0.15, 0.2) is 11.6 Å². The van der Waals surface area contributed by atoms with Crippen molar-refractivity contribution in [3.63, 3.8) is 0 Å². The molecular weight excluding hydrogens is 382 g/mol. The summed E-state index contributed by atoms with van der Waals surface area (Å²) in [5, 5.41) is 13.3. The van der Waals surface area contributed by atoms with Crippen LogP contribution in [0.25, 0.3) is 10.9 Å². The minimum Gasteiger partial charge on any atom is -0.341 e. The molecule has 2 aromatic carbocycles. The number of imidazole rings is 1. The van der Waals surface area contributed by atoms with Crippen LogP contribution in [0.1, 0.15) is 28.5 Å². The highest BCUT2D eigenvalue weighted by molar-refractivity contribution is 6.07. The van der Waals surface area contributed by atoms with Crippen molar-refractivity contribution < 1.29 is 9.59 Å². The van der Waals surface area contributed by atoms with Crippen molar-refractivity contribution in [1.82, 2.24) is 20.2 Å². The van der Waals surface area contributed by atoms with Crippen LogP contribution in [0.4, 0.5) is 11.5 Å². The lowest BCUT2D eigenvalue weighted by molar-refractivity contribution is -0.117. The van der Waals surface area contributed by atoms with E-state index in [0.717, 1.165) is 11.1 Å². The molecule has 4 aromatic rings. The van der Waals surface area contributed by atoms with E-state index in [2.05, 4.69) is 30.8 Å². The van der Waals surface area contributed by atoms with Gasteiger partial charge in [0, 0.05) is 23.5 Å². The van der Waals surface area contributed by atoms with E-state index in [1.54, 1.807) is 24.4 Å². The molecule has 0 bridgehead atoms. The quantitative estimate of drug-likeness (QED) is 0.322. The number of hydrogen-bond donors (Lipinski definition) is 5. The first-order valence-electron chi connectivity index (χ1n) is 9.50. The highest BCUT2D eigenvalue weighted by atomic mass is 16.2. The smallest absolute Gasteiger partial charge is 0.292 e. The number of H-pyrrole nitrogens is 2. The predicted molar refractivity (Wildman–Crippen MR) is 114 cm³/mol. The van der Waals surface area contributed by atoms with Crippen molar-refractivity contribution in [1.29, 1.82) is 0 Å². The van der Waals surface area contributed by atoms with Gasteiger partial charge in [-0.15, -0.1) is 0 Å². The zero-order valence-corrected chi connectivity index (χ0v) is 16.1. The molecule has 1 atom stereocenters. The first-order chi connectivity index (χ1) is 14.7. The van der Waals surface area contributed by atoms with Gasteiger partial charge in [-0.05, 0) is 36.7 Å². The summed E-state index contributed by atoms with van der Waals surface area (Å²) >= 11 is 0. The molecule has 2 aromatic heterocycles. The fourth-order valence-corrected chi connectivity index (χ4v) is 3.27. The third-order valence-corrected chi connectivity index (χ3v) is 4.75. The third-order valence-electron chi connectivity index (χ3n) is 4.75. The van der Waals surface area contributed by atoms with Crippen LogP contribution in [0.5, 0.6) is 0 Å². The predicted octanol–water partition coefficient (Wildman–Crippen LogP) is 2.61. The van der Waals surface area contributed by atoms with Crippen LogP contribution >= 0.6 is 0 Å². The minimum atomic E-state index is -0.407. The van der Waals surface area contributed by atoms with Crippen LogP contribution in [-0.4, -0.2) is 38.5 Å². The lowest BCUT2D eigenvalue weighted by atomic mass is 9.94. The maximum Gasteiger partial charge on any atom is 0.292 e.